The molecular formula is C18H26N2O. The van der Waals surface area contributed by atoms with E-state index in [0.29, 0.717) is 17.9 Å². The fourth-order valence-corrected chi connectivity index (χ4v) is 3.90. The molecule has 3 heteroatoms. The summed E-state index contributed by atoms with van der Waals surface area (Å²) in [5.41, 5.74) is 1.13. The van der Waals surface area contributed by atoms with E-state index < -0.39 is 0 Å². The van der Waals surface area contributed by atoms with E-state index in [1.54, 1.807) is 0 Å². The van der Waals surface area contributed by atoms with Crippen LogP contribution in [0.1, 0.15) is 44.1 Å². The third-order valence-corrected chi connectivity index (χ3v) is 5.13. The molecule has 3 atom stereocenters. The third-order valence-electron chi connectivity index (χ3n) is 5.13. The highest BCUT2D eigenvalue weighted by Crippen LogP contribution is 2.31. The van der Waals surface area contributed by atoms with Crippen LogP contribution < -0.4 is 5.32 Å². The molecule has 2 fully saturated rings. The number of carbonyl (C=O) groups excluding carboxylic acids is 1. The normalized spacial score (nSPS) is 27.6. The van der Waals surface area contributed by atoms with Gasteiger partial charge < -0.3 is 10.2 Å². The lowest BCUT2D eigenvalue weighted by atomic mass is 9.89. The summed E-state index contributed by atoms with van der Waals surface area (Å²) in [6.45, 7) is 5.20. The maximum atomic E-state index is 12.9. The second-order valence-electron chi connectivity index (χ2n) is 6.48. The lowest BCUT2D eigenvalue weighted by Crippen LogP contribution is -2.46. The number of rotatable bonds is 3. The quantitative estimate of drug-likeness (QED) is 0.926. The van der Waals surface area contributed by atoms with Crippen LogP contribution in [0.3, 0.4) is 0 Å². The van der Waals surface area contributed by atoms with Gasteiger partial charge in [-0.25, -0.2) is 0 Å². The van der Waals surface area contributed by atoms with Gasteiger partial charge in [-0.3, -0.25) is 4.79 Å². The van der Waals surface area contributed by atoms with Crippen molar-refractivity contribution in [3.63, 3.8) is 0 Å². The number of benzene rings is 1. The molecule has 1 aromatic rings. The van der Waals surface area contributed by atoms with Gasteiger partial charge >= 0.3 is 0 Å². The van der Waals surface area contributed by atoms with Gasteiger partial charge in [0.05, 0.1) is 5.92 Å². The Morgan fingerprint density at radius 1 is 1.24 bits per heavy atom. The second-order valence-corrected chi connectivity index (χ2v) is 6.48. The van der Waals surface area contributed by atoms with Crippen LogP contribution in [0.15, 0.2) is 30.3 Å². The van der Waals surface area contributed by atoms with Crippen molar-refractivity contribution < 1.29 is 4.79 Å². The lowest BCUT2D eigenvalue weighted by Gasteiger charge is -2.35. The molecule has 2 heterocycles. The van der Waals surface area contributed by atoms with Crippen LogP contribution in [0, 0.1) is 5.92 Å². The Labute approximate surface area is 127 Å². The van der Waals surface area contributed by atoms with E-state index in [-0.39, 0.29) is 5.92 Å². The standard InChI is InChI=1S/C18H26N2O/c1-14(15-7-3-2-4-8-15)18(21)20-12-6-10-17(20)16-9-5-11-19-13-16/h2-4,7-8,14,16-17,19H,5-6,9-13H2,1H3. The Morgan fingerprint density at radius 3 is 2.76 bits per heavy atom. The van der Waals surface area contributed by atoms with E-state index in [1.807, 2.05) is 25.1 Å². The van der Waals surface area contributed by atoms with Crippen LogP contribution >= 0.6 is 0 Å². The van der Waals surface area contributed by atoms with Crippen LogP contribution in [0.4, 0.5) is 0 Å². The van der Waals surface area contributed by atoms with Crippen molar-refractivity contribution in [2.24, 2.45) is 5.92 Å². The molecule has 0 radical (unpaired) electrons. The number of carbonyl (C=O) groups is 1. The van der Waals surface area contributed by atoms with E-state index in [0.717, 1.165) is 31.6 Å². The number of nitrogens with one attached hydrogen (secondary N) is 1. The molecule has 0 aromatic heterocycles. The van der Waals surface area contributed by atoms with Crippen LogP contribution in [0.2, 0.25) is 0 Å². The largest absolute Gasteiger partial charge is 0.339 e. The number of amides is 1. The minimum absolute atomic E-state index is 0.0247. The van der Waals surface area contributed by atoms with Crippen LogP contribution in [-0.2, 0) is 4.79 Å². The molecule has 21 heavy (non-hydrogen) atoms. The molecule has 2 aliphatic rings. The van der Waals surface area contributed by atoms with Crippen molar-refractivity contribution in [2.75, 3.05) is 19.6 Å². The molecule has 114 valence electrons. The lowest BCUT2D eigenvalue weighted by molar-refractivity contribution is -0.134. The van der Waals surface area contributed by atoms with Gasteiger partial charge in [0.1, 0.15) is 0 Å². The summed E-state index contributed by atoms with van der Waals surface area (Å²) in [5, 5.41) is 3.49. The fourth-order valence-electron chi connectivity index (χ4n) is 3.90. The molecule has 1 amide bonds. The van der Waals surface area contributed by atoms with Gasteiger partial charge in [0, 0.05) is 12.6 Å². The number of piperidine rings is 1. The molecule has 3 unspecified atom stereocenters. The van der Waals surface area contributed by atoms with Crippen molar-refractivity contribution in [3.8, 4) is 0 Å². The zero-order chi connectivity index (χ0) is 14.7. The average Bonchev–Trinajstić information content (AvgIpc) is 3.04. The minimum Gasteiger partial charge on any atom is -0.339 e. The van der Waals surface area contributed by atoms with Crippen LogP contribution in [0.5, 0.6) is 0 Å². The molecule has 0 spiro atoms. The van der Waals surface area contributed by atoms with E-state index in [4.69, 9.17) is 0 Å². The van der Waals surface area contributed by atoms with E-state index in [1.165, 1.54) is 19.3 Å². The summed E-state index contributed by atoms with van der Waals surface area (Å²) in [7, 11) is 0. The highest BCUT2D eigenvalue weighted by atomic mass is 16.2. The molecule has 2 aliphatic heterocycles. The van der Waals surface area contributed by atoms with Gasteiger partial charge in [-0.2, -0.15) is 0 Å². The molecule has 0 bridgehead atoms. The Balaban J connectivity index is 1.70. The number of nitrogens with zero attached hydrogens (tertiary/aromatic N) is 1. The molecule has 1 aromatic carbocycles. The highest BCUT2D eigenvalue weighted by molar-refractivity contribution is 5.83. The summed E-state index contributed by atoms with van der Waals surface area (Å²) in [6, 6.07) is 10.6. The summed E-state index contributed by atoms with van der Waals surface area (Å²) in [4.78, 5) is 15.1. The Kier molecular flexibility index (Phi) is 4.59. The molecular weight excluding hydrogens is 260 g/mol. The van der Waals surface area contributed by atoms with Crippen molar-refractivity contribution in [3.05, 3.63) is 35.9 Å². The summed E-state index contributed by atoms with van der Waals surface area (Å²) < 4.78 is 0. The number of hydrogen-bond acceptors (Lipinski definition) is 2. The summed E-state index contributed by atoms with van der Waals surface area (Å²) in [6.07, 6.45) is 4.85. The predicted molar refractivity (Wildman–Crippen MR) is 85.2 cm³/mol. The monoisotopic (exact) mass is 286 g/mol. The first-order chi connectivity index (χ1) is 10.3. The number of hydrogen-bond donors (Lipinski definition) is 1. The maximum absolute atomic E-state index is 12.9. The molecule has 3 nitrogen and oxygen atoms in total. The molecule has 0 saturated carbocycles. The molecule has 0 aliphatic carbocycles. The smallest absolute Gasteiger partial charge is 0.230 e. The third kappa shape index (κ3) is 3.13. The van der Waals surface area contributed by atoms with Crippen LogP contribution in [-0.4, -0.2) is 36.5 Å². The zero-order valence-corrected chi connectivity index (χ0v) is 12.9. The summed E-state index contributed by atoms with van der Waals surface area (Å²) >= 11 is 0. The first-order valence-electron chi connectivity index (χ1n) is 8.33. The van der Waals surface area contributed by atoms with Crippen molar-refractivity contribution in [1.29, 1.82) is 0 Å². The van der Waals surface area contributed by atoms with Crippen LogP contribution in [0.25, 0.3) is 0 Å². The Hall–Kier alpha value is -1.35. The molecule has 1 N–H and O–H groups in total. The van der Waals surface area contributed by atoms with E-state index in [9.17, 15) is 4.79 Å². The minimum atomic E-state index is -0.0247. The van der Waals surface area contributed by atoms with E-state index >= 15 is 0 Å². The average molecular weight is 286 g/mol. The zero-order valence-electron chi connectivity index (χ0n) is 12.9. The van der Waals surface area contributed by atoms with E-state index in [2.05, 4.69) is 22.3 Å². The Morgan fingerprint density at radius 2 is 2.05 bits per heavy atom. The second kappa shape index (κ2) is 6.61. The topological polar surface area (TPSA) is 32.3 Å². The van der Waals surface area contributed by atoms with Gasteiger partial charge in [0.25, 0.3) is 0 Å². The van der Waals surface area contributed by atoms with Gasteiger partial charge in [-0.15, -0.1) is 0 Å². The SMILES string of the molecule is CC(C(=O)N1CCCC1C1CCCNC1)c1ccccc1. The molecule has 3 rings (SSSR count). The predicted octanol–water partition coefficient (Wildman–Crippen LogP) is 2.78. The Bertz CT molecular complexity index is 467. The highest BCUT2D eigenvalue weighted by Gasteiger charge is 2.36. The summed E-state index contributed by atoms with van der Waals surface area (Å²) in [5.74, 6) is 0.936. The van der Waals surface area contributed by atoms with Gasteiger partial charge in [0.2, 0.25) is 5.91 Å². The van der Waals surface area contributed by atoms with Crippen molar-refractivity contribution in [2.45, 2.75) is 44.6 Å². The van der Waals surface area contributed by atoms with Crippen molar-refractivity contribution >= 4 is 5.91 Å². The van der Waals surface area contributed by atoms with Gasteiger partial charge in [0.15, 0.2) is 0 Å². The number of likely N-dealkylation sites (tertiary alicyclic amines) is 1. The fraction of sp³-hybridized carbons (Fsp3) is 0.611. The van der Waals surface area contributed by atoms with Gasteiger partial charge in [-0.1, -0.05) is 30.3 Å². The first kappa shape index (κ1) is 14.6. The first-order valence-corrected chi connectivity index (χ1v) is 8.33. The van der Waals surface area contributed by atoms with Gasteiger partial charge in [-0.05, 0) is 57.2 Å². The molecule has 2 saturated heterocycles. The maximum Gasteiger partial charge on any atom is 0.230 e. The van der Waals surface area contributed by atoms with Crippen molar-refractivity contribution in [1.82, 2.24) is 10.2 Å².